The van der Waals surface area contributed by atoms with Crippen LogP contribution in [0.3, 0.4) is 0 Å². The van der Waals surface area contributed by atoms with Gasteiger partial charge in [0.25, 0.3) is 0 Å². The van der Waals surface area contributed by atoms with Crippen LogP contribution in [0.25, 0.3) is 0 Å². The molecule has 3 N–H and O–H groups in total. The molecular weight excluding hydrogens is 335 g/mol. The first-order valence-corrected chi connectivity index (χ1v) is 6.09. The Labute approximate surface area is 113 Å². The van der Waals surface area contributed by atoms with Crippen molar-refractivity contribution in [1.29, 1.82) is 0 Å². The molecule has 0 bridgehead atoms. The number of rotatable bonds is 3. The third-order valence-corrected chi connectivity index (χ3v) is 2.61. The van der Waals surface area contributed by atoms with Crippen LogP contribution >= 0.6 is 22.6 Å². The van der Waals surface area contributed by atoms with E-state index in [1.807, 2.05) is 6.07 Å². The second-order valence-electron chi connectivity index (χ2n) is 3.52. The Hall–Kier alpha value is -1.15. The number of amides is 2. The largest absolute Gasteiger partial charge is 0.394 e. The van der Waals surface area contributed by atoms with Gasteiger partial charge in [-0.05, 0) is 47.7 Å². The SMILES string of the molecule is CC(CO)NC(=O)C(=O)Nc1cccc(I)c1. The number of benzene rings is 1. The van der Waals surface area contributed by atoms with E-state index in [4.69, 9.17) is 5.11 Å². The Morgan fingerprint density at radius 1 is 1.41 bits per heavy atom. The van der Waals surface area contributed by atoms with E-state index in [9.17, 15) is 9.59 Å². The molecule has 0 radical (unpaired) electrons. The molecule has 1 aromatic rings. The standard InChI is InChI=1S/C11H13IN2O3/c1-7(6-15)13-10(16)11(17)14-9-4-2-3-8(12)5-9/h2-5,7,15H,6H2,1H3,(H,13,16)(H,14,17). The van der Waals surface area contributed by atoms with Gasteiger partial charge in [0, 0.05) is 15.3 Å². The summed E-state index contributed by atoms with van der Waals surface area (Å²) in [5, 5.41) is 13.6. The predicted molar refractivity (Wildman–Crippen MR) is 72.5 cm³/mol. The zero-order valence-electron chi connectivity index (χ0n) is 9.24. The predicted octanol–water partition coefficient (Wildman–Crippen LogP) is 0.727. The van der Waals surface area contributed by atoms with Crippen molar-refractivity contribution in [3.8, 4) is 0 Å². The second kappa shape index (κ2) is 6.55. The highest BCUT2D eigenvalue weighted by molar-refractivity contribution is 14.1. The van der Waals surface area contributed by atoms with Crippen LogP contribution in [0.2, 0.25) is 0 Å². The van der Waals surface area contributed by atoms with Crippen molar-refractivity contribution in [3.05, 3.63) is 27.8 Å². The van der Waals surface area contributed by atoms with E-state index in [1.165, 1.54) is 0 Å². The molecule has 0 spiro atoms. The summed E-state index contributed by atoms with van der Waals surface area (Å²) in [6.07, 6.45) is 0. The van der Waals surface area contributed by atoms with Crippen LogP contribution in [0, 0.1) is 3.57 Å². The first-order chi connectivity index (χ1) is 8.02. The Morgan fingerprint density at radius 2 is 2.12 bits per heavy atom. The molecule has 0 fully saturated rings. The molecule has 6 heteroatoms. The third-order valence-electron chi connectivity index (χ3n) is 1.94. The number of aliphatic hydroxyl groups excluding tert-OH is 1. The molecule has 0 aliphatic rings. The summed E-state index contributed by atoms with van der Waals surface area (Å²) in [7, 11) is 0. The first kappa shape index (κ1) is 13.9. The van der Waals surface area contributed by atoms with Crippen molar-refractivity contribution in [2.75, 3.05) is 11.9 Å². The molecule has 2 amide bonds. The van der Waals surface area contributed by atoms with E-state index in [1.54, 1.807) is 25.1 Å². The zero-order chi connectivity index (χ0) is 12.8. The average molecular weight is 348 g/mol. The van der Waals surface area contributed by atoms with Gasteiger partial charge in [0.05, 0.1) is 6.61 Å². The van der Waals surface area contributed by atoms with E-state index in [-0.39, 0.29) is 6.61 Å². The van der Waals surface area contributed by atoms with Crippen LogP contribution in [-0.4, -0.2) is 29.6 Å². The highest BCUT2D eigenvalue weighted by atomic mass is 127. The maximum atomic E-state index is 11.5. The molecule has 92 valence electrons. The number of aliphatic hydroxyl groups is 1. The van der Waals surface area contributed by atoms with E-state index in [0.29, 0.717) is 5.69 Å². The Balaban J connectivity index is 2.57. The van der Waals surface area contributed by atoms with Gasteiger partial charge in [-0.3, -0.25) is 9.59 Å². The van der Waals surface area contributed by atoms with Crippen molar-refractivity contribution >= 4 is 40.1 Å². The molecule has 1 unspecified atom stereocenters. The minimum Gasteiger partial charge on any atom is -0.394 e. The lowest BCUT2D eigenvalue weighted by atomic mass is 10.3. The van der Waals surface area contributed by atoms with Gasteiger partial charge in [-0.2, -0.15) is 0 Å². The van der Waals surface area contributed by atoms with Crippen LogP contribution in [0.4, 0.5) is 5.69 Å². The van der Waals surface area contributed by atoms with Gasteiger partial charge in [-0.1, -0.05) is 6.07 Å². The second-order valence-corrected chi connectivity index (χ2v) is 4.77. The lowest BCUT2D eigenvalue weighted by Crippen LogP contribution is -2.42. The summed E-state index contributed by atoms with van der Waals surface area (Å²) >= 11 is 2.11. The maximum absolute atomic E-state index is 11.5. The Kier molecular flexibility index (Phi) is 5.36. The van der Waals surface area contributed by atoms with Gasteiger partial charge in [-0.25, -0.2) is 0 Å². The third kappa shape index (κ3) is 4.70. The van der Waals surface area contributed by atoms with Gasteiger partial charge in [0.15, 0.2) is 0 Å². The number of hydrogen-bond acceptors (Lipinski definition) is 3. The van der Waals surface area contributed by atoms with Crippen molar-refractivity contribution < 1.29 is 14.7 Å². The average Bonchev–Trinajstić information content (AvgIpc) is 2.28. The topological polar surface area (TPSA) is 78.4 Å². The summed E-state index contributed by atoms with van der Waals surface area (Å²) in [5.41, 5.74) is 0.564. The number of anilines is 1. The van der Waals surface area contributed by atoms with Crippen molar-refractivity contribution in [2.24, 2.45) is 0 Å². The van der Waals surface area contributed by atoms with Gasteiger partial charge in [0.2, 0.25) is 0 Å². The molecule has 0 heterocycles. The molecule has 0 saturated carbocycles. The van der Waals surface area contributed by atoms with Crippen LogP contribution in [-0.2, 0) is 9.59 Å². The van der Waals surface area contributed by atoms with E-state index < -0.39 is 17.9 Å². The fraction of sp³-hybridized carbons (Fsp3) is 0.273. The maximum Gasteiger partial charge on any atom is 0.313 e. The summed E-state index contributed by atoms with van der Waals surface area (Å²) in [6.45, 7) is 1.40. The lowest BCUT2D eigenvalue weighted by Gasteiger charge is -2.10. The molecule has 0 saturated heterocycles. The summed E-state index contributed by atoms with van der Waals surface area (Å²) in [4.78, 5) is 22.8. The molecule has 1 aromatic carbocycles. The molecule has 5 nitrogen and oxygen atoms in total. The monoisotopic (exact) mass is 348 g/mol. The fourth-order valence-electron chi connectivity index (χ4n) is 1.09. The van der Waals surface area contributed by atoms with Crippen LogP contribution in [0.5, 0.6) is 0 Å². The van der Waals surface area contributed by atoms with Crippen molar-refractivity contribution in [2.45, 2.75) is 13.0 Å². The first-order valence-electron chi connectivity index (χ1n) is 5.01. The van der Waals surface area contributed by atoms with Crippen LogP contribution < -0.4 is 10.6 Å². The summed E-state index contributed by atoms with van der Waals surface area (Å²) in [6, 6.07) is 6.67. The smallest absolute Gasteiger partial charge is 0.313 e. The van der Waals surface area contributed by atoms with Gasteiger partial charge < -0.3 is 15.7 Å². The summed E-state index contributed by atoms with van der Waals surface area (Å²) in [5.74, 6) is -1.50. The van der Waals surface area contributed by atoms with Crippen LogP contribution in [0.15, 0.2) is 24.3 Å². The van der Waals surface area contributed by atoms with Crippen molar-refractivity contribution in [1.82, 2.24) is 5.32 Å². The molecular formula is C11H13IN2O3. The quantitative estimate of drug-likeness (QED) is 0.557. The Bertz CT molecular complexity index is 423. The molecule has 0 aromatic heterocycles. The van der Waals surface area contributed by atoms with E-state index >= 15 is 0 Å². The van der Waals surface area contributed by atoms with Gasteiger partial charge >= 0.3 is 11.8 Å². The minimum absolute atomic E-state index is 0.206. The Morgan fingerprint density at radius 3 is 2.71 bits per heavy atom. The zero-order valence-corrected chi connectivity index (χ0v) is 11.4. The highest BCUT2D eigenvalue weighted by Crippen LogP contribution is 2.11. The number of hydrogen-bond donors (Lipinski definition) is 3. The molecule has 17 heavy (non-hydrogen) atoms. The van der Waals surface area contributed by atoms with Gasteiger partial charge in [0.1, 0.15) is 0 Å². The minimum atomic E-state index is -0.759. The molecule has 0 aliphatic carbocycles. The van der Waals surface area contributed by atoms with E-state index in [2.05, 4.69) is 33.2 Å². The number of carbonyl (C=O) groups is 2. The van der Waals surface area contributed by atoms with Gasteiger partial charge in [-0.15, -0.1) is 0 Å². The fourth-order valence-corrected chi connectivity index (χ4v) is 1.63. The molecule has 1 atom stereocenters. The summed E-state index contributed by atoms with van der Waals surface area (Å²) < 4.78 is 0.963. The normalized spacial score (nSPS) is 11.7. The van der Waals surface area contributed by atoms with Crippen molar-refractivity contribution in [3.63, 3.8) is 0 Å². The molecule has 0 aliphatic heterocycles. The highest BCUT2D eigenvalue weighted by Gasteiger charge is 2.15. The number of halogens is 1. The molecule has 1 rings (SSSR count). The number of carbonyl (C=O) groups excluding carboxylic acids is 2. The lowest BCUT2D eigenvalue weighted by molar-refractivity contribution is -0.136. The van der Waals surface area contributed by atoms with Crippen LogP contribution in [0.1, 0.15) is 6.92 Å². The number of nitrogens with one attached hydrogen (secondary N) is 2. The van der Waals surface area contributed by atoms with E-state index in [0.717, 1.165) is 3.57 Å².